The Bertz CT molecular complexity index is 964. The Morgan fingerprint density at radius 3 is 2.78 bits per heavy atom. The summed E-state index contributed by atoms with van der Waals surface area (Å²) in [4.78, 5) is 21.1. The molecule has 6 nitrogen and oxygen atoms in total. The number of aromatic nitrogens is 2. The average molecular weight is 385 g/mol. The third-order valence-corrected chi connectivity index (χ3v) is 4.96. The number of ether oxygens (including phenoxy) is 1. The minimum atomic E-state index is -0.00831. The van der Waals surface area contributed by atoms with E-state index in [1.807, 2.05) is 65.0 Å². The van der Waals surface area contributed by atoms with E-state index in [0.717, 1.165) is 35.1 Å². The number of anilines is 1. The summed E-state index contributed by atoms with van der Waals surface area (Å²) in [5.74, 6) is 0.613. The minimum absolute atomic E-state index is 0.00831. The van der Waals surface area contributed by atoms with Crippen LogP contribution in [0.2, 0.25) is 5.02 Å². The normalized spacial score (nSPS) is 14.6. The third kappa shape index (κ3) is 3.85. The fourth-order valence-corrected chi connectivity index (χ4v) is 3.52. The molecule has 4 rings (SSSR count). The first-order valence-corrected chi connectivity index (χ1v) is 9.33. The van der Waals surface area contributed by atoms with Crippen LogP contribution in [-0.2, 0) is 4.79 Å². The van der Waals surface area contributed by atoms with Gasteiger partial charge in [-0.3, -0.25) is 4.79 Å². The number of aryl methyl sites for hydroxylation is 1. The number of carbonyl (C=O) groups excluding carboxylic acids is 1. The van der Waals surface area contributed by atoms with Gasteiger partial charge >= 0.3 is 0 Å². The zero-order valence-electron chi connectivity index (χ0n) is 15.1. The summed E-state index contributed by atoms with van der Waals surface area (Å²) in [5, 5.41) is 0.725. The Morgan fingerprint density at radius 1 is 1.19 bits per heavy atom. The molecule has 140 valence electrons. The lowest BCUT2D eigenvalue weighted by Crippen LogP contribution is -2.50. The summed E-state index contributed by atoms with van der Waals surface area (Å²) in [6.07, 6.45) is 3.85. The maximum Gasteiger partial charge on any atom is 0.260 e. The minimum Gasteiger partial charge on any atom is -0.480 e. The van der Waals surface area contributed by atoms with E-state index in [1.165, 1.54) is 0 Å². The lowest BCUT2D eigenvalue weighted by atomic mass is 10.2. The largest absolute Gasteiger partial charge is 0.480 e. The number of hydrogen-bond donors (Lipinski definition) is 0. The van der Waals surface area contributed by atoms with Gasteiger partial charge in [0.05, 0.1) is 5.69 Å². The molecule has 0 radical (unpaired) electrons. The molecule has 1 aromatic carbocycles. The van der Waals surface area contributed by atoms with Crippen molar-refractivity contribution in [1.82, 2.24) is 14.3 Å². The molecule has 0 unspecified atom stereocenters. The van der Waals surface area contributed by atoms with Crippen molar-refractivity contribution in [3.05, 3.63) is 59.5 Å². The van der Waals surface area contributed by atoms with Crippen LogP contribution in [0.15, 0.2) is 48.8 Å². The van der Waals surface area contributed by atoms with Gasteiger partial charge in [-0.05, 0) is 37.3 Å². The summed E-state index contributed by atoms with van der Waals surface area (Å²) >= 11 is 6.07. The van der Waals surface area contributed by atoms with Crippen LogP contribution in [0.4, 0.5) is 5.69 Å². The number of benzene rings is 1. The zero-order valence-corrected chi connectivity index (χ0v) is 15.9. The van der Waals surface area contributed by atoms with Crippen molar-refractivity contribution in [3.8, 4) is 5.75 Å². The van der Waals surface area contributed by atoms with Crippen molar-refractivity contribution in [2.24, 2.45) is 0 Å². The van der Waals surface area contributed by atoms with Crippen LogP contribution in [0.1, 0.15) is 5.69 Å². The van der Waals surface area contributed by atoms with Crippen molar-refractivity contribution < 1.29 is 9.53 Å². The van der Waals surface area contributed by atoms with Crippen molar-refractivity contribution >= 4 is 28.8 Å². The molecule has 7 heteroatoms. The second-order valence-corrected chi connectivity index (χ2v) is 7.06. The van der Waals surface area contributed by atoms with Crippen LogP contribution in [0, 0.1) is 6.92 Å². The second kappa shape index (κ2) is 7.48. The fourth-order valence-electron chi connectivity index (χ4n) is 3.34. The Morgan fingerprint density at radius 2 is 2.00 bits per heavy atom. The topological polar surface area (TPSA) is 50.1 Å². The summed E-state index contributed by atoms with van der Waals surface area (Å²) in [6.45, 7) is 4.84. The highest BCUT2D eigenvalue weighted by Gasteiger charge is 2.22. The van der Waals surface area contributed by atoms with Crippen LogP contribution in [0.25, 0.3) is 5.65 Å². The molecule has 1 aliphatic heterocycles. The monoisotopic (exact) mass is 384 g/mol. The van der Waals surface area contributed by atoms with E-state index >= 15 is 0 Å². The predicted molar refractivity (Wildman–Crippen MR) is 106 cm³/mol. The molecule has 1 aliphatic rings. The summed E-state index contributed by atoms with van der Waals surface area (Å²) in [5.41, 5.74) is 2.73. The van der Waals surface area contributed by atoms with Gasteiger partial charge in [-0.1, -0.05) is 17.7 Å². The second-order valence-electron chi connectivity index (χ2n) is 6.62. The third-order valence-electron chi connectivity index (χ3n) is 4.72. The standard InChI is InChI=1S/C20H21ClN4O2/c1-15-13-25-7-3-6-18(20(25)22-15)27-14-19(26)24-10-8-23(9-11-24)17-5-2-4-16(21)12-17/h2-7,12-13H,8-11,14H2,1H3. The Labute approximate surface area is 162 Å². The molecule has 0 bridgehead atoms. The van der Waals surface area contributed by atoms with Gasteiger partial charge in [-0.25, -0.2) is 4.98 Å². The molecular formula is C20H21ClN4O2. The number of halogens is 1. The molecule has 1 saturated heterocycles. The Balaban J connectivity index is 1.34. The van der Waals surface area contributed by atoms with Gasteiger partial charge in [0.25, 0.3) is 5.91 Å². The molecule has 2 aromatic heterocycles. The quantitative estimate of drug-likeness (QED) is 0.693. The predicted octanol–water partition coefficient (Wildman–Crippen LogP) is 3.02. The highest BCUT2D eigenvalue weighted by molar-refractivity contribution is 6.30. The molecule has 3 heterocycles. The van der Waals surface area contributed by atoms with Crippen molar-refractivity contribution in [2.75, 3.05) is 37.7 Å². The van der Waals surface area contributed by atoms with Crippen LogP contribution in [0.3, 0.4) is 0 Å². The highest BCUT2D eigenvalue weighted by Crippen LogP contribution is 2.21. The van der Waals surface area contributed by atoms with Crippen LogP contribution >= 0.6 is 11.6 Å². The molecule has 3 aromatic rings. The number of hydrogen-bond acceptors (Lipinski definition) is 4. The molecule has 0 aliphatic carbocycles. The molecule has 0 N–H and O–H groups in total. The van der Waals surface area contributed by atoms with E-state index in [9.17, 15) is 4.79 Å². The zero-order chi connectivity index (χ0) is 18.8. The highest BCUT2D eigenvalue weighted by atomic mass is 35.5. The maximum atomic E-state index is 12.5. The Kier molecular flexibility index (Phi) is 4.90. The van der Waals surface area contributed by atoms with Crippen LogP contribution < -0.4 is 9.64 Å². The average Bonchev–Trinajstić information content (AvgIpc) is 3.07. The van der Waals surface area contributed by atoms with Crippen molar-refractivity contribution in [2.45, 2.75) is 6.92 Å². The van der Waals surface area contributed by atoms with E-state index in [2.05, 4.69) is 9.88 Å². The van der Waals surface area contributed by atoms with Gasteiger partial charge in [0.2, 0.25) is 0 Å². The maximum absolute atomic E-state index is 12.5. The van der Waals surface area contributed by atoms with E-state index in [1.54, 1.807) is 0 Å². The van der Waals surface area contributed by atoms with E-state index in [0.29, 0.717) is 18.8 Å². The summed E-state index contributed by atoms with van der Waals surface area (Å²) in [6, 6.07) is 11.5. The number of carbonyl (C=O) groups is 1. The smallest absolute Gasteiger partial charge is 0.260 e. The number of amides is 1. The van der Waals surface area contributed by atoms with Gasteiger partial charge in [0, 0.05) is 49.3 Å². The number of pyridine rings is 1. The van der Waals surface area contributed by atoms with Gasteiger partial charge < -0.3 is 18.9 Å². The van der Waals surface area contributed by atoms with Gasteiger partial charge in [-0.2, -0.15) is 0 Å². The van der Waals surface area contributed by atoms with Crippen LogP contribution in [0.5, 0.6) is 5.75 Å². The number of rotatable bonds is 4. The lowest BCUT2D eigenvalue weighted by molar-refractivity contribution is -0.133. The summed E-state index contributed by atoms with van der Waals surface area (Å²) < 4.78 is 7.67. The van der Waals surface area contributed by atoms with E-state index in [4.69, 9.17) is 16.3 Å². The van der Waals surface area contributed by atoms with Crippen LogP contribution in [-0.4, -0.2) is 53.0 Å². The SMILES string of the molecule is Cc1cn2cccc(OCC(=O)N3CCN(c4cccc(Cl)c4)CC3)c2n1. The molecule has 0 atom stereocenters. The van der Waals surface area contributed by atoms with Gasteiger partial charge in [-0.15, -0.1) is 0 Å². The van der Waals surface area contributed by atoms with E-state index < -0.39 is 0 Å². The first-order valence-electron chi connectivity index (χ1n) is 8.95. The summed E-state index contributed by atoms with van der Waals surface area (Å²) in [7, 11) is 0. The molecule has 1 fully saturated rings. The molecule has 0 spiro atoms. The molecule has 27 heavy (non-hydrogen) atoms. The van der Waals surface area contributed by atoms with Crippen molar-refractivity contribution in [3.63, 3.8) is 0 Å². The fraction of sp³-hybridized carbons (Fsp3) is 0.300. The first-order chi connectivity index (χ1) is 13.1. The lowest BCUT2D eigenvalue weighted by Gasteiger charge is -2.36. The molecular weight excluding hydrogens is 364 g/mol. The molecule has 1 amide bonds. The number of nitrogens with zero attached hydrogens (tertiary/aromatic N) is 4. The van der Waals surface area contributed by atoms with Gasteiger partial charge in [0.1, 0.15) is 0 Å². The number of imidazole rings is 1. The molecule has 0 saturated carbocycles. The Hall–Kier alpha value is -2.73. The van der Waals surface area contributed by atoms with E-state index in [-0.39, 0.29) is 12.5 Å². The van der Waals surface area contributed by atoms with Gasteiger partial charge in [0.15, 0.2) is 18.0 Å². The number of fused-ring (bicyclic) bond motifs is 1. The first kappa shape index (κ1) is 17.7. The number of piperazine rings is 1. The van der Waals surface area contributed by atoms with Crippen molar-refractivity contribution in [1.29, 1.82) is 0 Å².